The van der Waals surface area contributed by atoms with Crippen LogP contribution in [-0.4, -0.2) is 55.0 Å². The lowest BCUT2D eigenvalue weighted by Gasteiger charge is -2.22. The van der Waals surface area contributed by atoms with Crippen LogP contribution in [0, 0.1) is 6.92 Å². The number of anilines is 3. The minimum Gasteiger partial charge on any atom is -0.475 e. The van der Waals surface area contributed by atoms with Crippen LogP contribution < -0.4 is 21.7 Å². The number of hydrogen-bond acceptors (Lipinski definition) is 9. The van der Waals surface area contributed by atoms with Gasteiger partial charge in [-0.1, -0.05) is 25.1 Å². The molecule has 254 valence electrons. The summed E-state index contributed by atoms with van der Waals surface area (Å²) in [6.07, 6.45) is -3.61. The molecule has 6 N–H and O–H groups in total. The second-order valence-corrected chi connectivity index (χ2v) is 12.9. The Morgan fingerprint density at radius 2 is 1.81 bits per heavy atom. The second kappa shape index (κ2) is 14.6. The molecule has 1 aromatic heterocycles. The number of sulfone groups is 1. The predicted octanol–water partition coefficient (Wildman–Crippen LogP) is 5.13. The molecule has 3 heterocycles. The number of pyridine rings is 1. The van der Waals surface area contributed by atoms with Crippen LogP contribution in [0.2, 0.25) is 0 Å². The van der Waals surface area contributed by atoms with Gasteiger partial charge in [-0.2, -0.15) is 13.2 Å². The fourth-order valence-corrected chi connectivity index (χ4v) is 6.00. The maximum atomic E-state index is 13.8. The summed E-state index contributed by atoms with van der Waals surface area (Å²) >= 11 is 0. The fourth-order valence-electron chi connectivity index (χ4n) is 4.88. The number of nitrogens with zero attached hydrogens (tertiary/aromatic N) is 1. The highest BCUT2D eigenvalue weighted by Gasteiger charge is 2.38. The van der Waals surface area contributed by atoms with Crippen molar-refractivity contribution < 1.29 is 45.8 Å². The second-order valence-electron chi connectivity index (χ2n) is 10.7. The molecule has 1 unspecified atom stereocenters. The van der Waals surface area contributed by atoms with E-state index in [2.05, 4.69) is 20.9 Å². The fraction of sp³-hybridized carbons (Fsp3) is 0.250. The molecule has 2 amide bonds. The van der Waals surface area contributed by atoms with Gasteiger partial charge in [0.2, 0.25) is 5.91 Å². The van der Waals surface area contributed by atoms with E-state index >= 15 is 0 Å². The lowest BCUT2D eigenvalue weighted by molar-refractivity contribution is -0.192. The number of carbonyl (C=O) groups is 3. The van der Waals surface area contributed by atoms with Crippen molar-refractivity contribution in [2.24, 2.45) is 0 Å². The van der Waals surface area contributed by atoms with E-state index in [9.17, 15) is 31.2 Å². The topological polar surface area (TPSA) is 190 Å². The first-order valence-electron chi connectivity index (χ1n) is 14.5. The maximum absolute atomic E-state index is 13.8. The number of nitrogens with one attached hydrogen (secondary N) is 3. The first kappa shape index (κ1) is 35.5. The summed E-state index contributed by atoms with van der Waals surface area (Å²) in [5.74, 6) is -2.80. The predicted molar refractivity (Wildman–Crippen MR) is 172 cm³/mol. The summed E-state index contributed by atoms with van der Waals surface area (Å²) in [4.78, 5) is 39.3. The average molecular weight is 688 g/mol. The molecular formula is C32H32F3N5O7S. The molecule has 48 heavy (non-hydrogen) atoms. The molecule has 4 aromatic rings. The Morgan fingerprint density at radius 3 is 2.48 bits per heavy atom. The van der Waals surface area contributed by atoms with Crippen molar-refractivity contribution in [3.8, 4) is 0 Å². The third kappa shape index (κ3) is 8.70. The normalized spacial score (nSPS) is 15.4. The summed E-state index contributed by atoms with van der Waals surface area (Å²) in [5, 5.41) is 17.7. The van der Waals surface area contributed by atoms with Gasteiger partial charge in [-0.25, -0.2) is 23.0 Å². The molecule has 3 aromatic carbocycles. The molecular weight excluding hydrogens is 655 g/mol. The molecule has 16 heteroatoms. The zero-order chi connectivity index (χ0) is 35.2. The van der Waals surface area contributed by atoms with Crippen LogP contribution in [0.4, 0.5) is 35.2 Å². The van der Waals surface area contributed by atoms with Crippen molar-refractivity contribution in [1.29, 1.82) is 0 Å². The monoisotopic (exact) mass is 687 g/mol. The molecule has 0 saturated heterocycles. The number of carboxylic acids is 1. The summed E-state index contributed by atoms with van der Waals surface area (Å²) in [7, 11) is -3.60. The Kier molecular flexibility index (Phi) is 10.8. The number of carbonyl (C=O) groups excluding carboxylic acids is 2. The van der Waals surface area contributed by atoms with Gasteiger partial charge in [0.25, 0.3) is 0 Å². The Hall–Kier alpha value is -5.38. The highest BCUT2D eigenvalue weighted by molar-refractivity contribution is 7.91. The van der Waals surface area contributed by atoms with Crippen molar-refractivity contribution in [2.45, 2.75) is 43.9 Å². The average Bonchev–Trinajstić information content (AvgIpc) is 3.02. The van der Waals surface area contributed by atoms with Gasteiger partial charge in [-0.15, -0.1) is 0 Å². The van der Waals surface area contributed by atoms with E-state index in [-0.39, 0.29) is 29.7 Å². The van der Waals surface area contributed by atoms with E-state index < -0.39 is 34.1 Å². The third-order valence-corrected chi connectivity index (χ3v) is 9.22. The molecule has 0 spiro atoms. The van der Waals surface area contributed by atoms with Gasteiger partial charge >= 0.3 is 18.2 Å². The molecule has 0 aliphatic carbocycles. The first-order chi connectivity index (χ1) is 22.6. The van der Waals surface area contributed by atoms with Crippen molar-refractivity contribution >= 4 is 55.8 Å². The first-order valence-corrected chi connectivity index (χ1v) is 16.1. The van der Waals surface area contributed by atoms with Gasteiger partial charge < -0.3 is 26.2 Å². The standard InChI is InChI=1S/C30H31N5O5S.C2HF3O2/c1-3-41(38,39)26-9-7-24-16-22(26)17-33-29(36)27(34-23-6-8-25-20(15-23)10-12-32-28(25)31)21-5-4-19(18(2)14-21)11-13-40-30(37)35-24;3-2(4,5)1(6)7/h4-10,12,14-16,27,34H,3,11,13,17H2,1-2H3,(H2,31,32)(H,33,36)(H,35,37);(H,6,7). The van der Waals surface area contributed by atoms with Crippen LogP contribution in [0.15, 0.2) is 71.8 Å². The zero-order valence-corrected chi connectivity index (χ0v) is 26.5. The number of nitrogens with two attached hydrogens (primary N) is 1. The van der Waals surface area contributed by atoms with E-state index in [1.54, 1.807) is 13.1 Å². The van der Waals surface area contributed by atoms with E-state index in [1.165, 1.54) is 18.2 Å². The lowest BCUT2D eigenvalue weighted by Crippen LogP contribution is -2.33. The molecule has 0 fully saturated rings. The SMILES string of the molecule is CCS(=O)(=O)c1ccc2cc1CNC(=O)C(Nc1ccc3c(N)nccc3c1)c1ccc(c(C)c1)CCOC(=O)N2.O=C(O)C(F)(F)F. The number of rotatable bonds is 4. The summed E-state index contributed by atoms with van der Waals surface area (Å²) in [6.45, 7) is 3.57. The number of halogens is 3. The van der Waals surface area contributed by atoms with Gasteiger partial charge in [0, 0.05) is 35.9 Å². The van der Waals surface area contributed by atoms with E-state index in [4.69, 9.17) is 20.4 Å². The number of nitrogen functional groups attached to an aromatic ring is 1. The van der Waals surface area contributed by atoms with Gasteiger partial charge in [0.1, 0.15) is 11.9 Å². The molecule has 2 aliphatic rings. The number of aromatic nitrogens is 1. The number of carboxylic acid groups (broad SMARTS) is 1. The highest BCUT2D eigenvalue weighted by Crippen LogP contribution is 2.28. The Labute approximate surface area is 273 Å². The van der Waals surface area contributed by atoms with Crippen LogP contribution in [0.1, 0.15) is 35.2 Å². The maximum Gasteiger partial charge on any atom is 0.490 e. The summed E-state index contributed by atoms with van der Waals surface area (Å²) in [5.41, 5.74) is 10.1. The highest BCUT2D eigenvalue weighted by atomic mass is 32.2. The lowest BCUT2D eigenvalue weighted by atomic mass is 9.97. The zero-order valence-electron chi connectivity index (χ0n) is 25.7. The minimum atomic E-state index is -5.08. The van der Waals surface area contributed by atoms with Gasteiger partial charge in [-0.05, 0) is 77.0 Å². The Bertz CT molecular complexity index is 1970. The molecule has 4 bridgehead atoms. The Morgan fingerprint density at radius 1 is 1.08 bits per heavy atom. The smallest absolute Gasteiger partial charge is 0.475 e. The van der Waals surface area contributed by atoms with Crippen LogP contribution in [-0.2, 0) is 37.1 Å². The molecule has 1 atom stereocenters. The molecule has 6 rings (SSSR count). The van der Waals surface area contributed by atoms with Crippen molar-refractivity contribution in [3.05, 3.63) is 89.1 Å². The van der Waals surface area contributed by atoms with Crippen LogP contribution in [0.25, 0.3) is 10.8 Å². The number of hydrogen-bond donors (Lipinski definition) is 5. The van der Waals surface area contributed by atoms with Crippen molar-refractivity contribution in [1.82, 2.24) is 10.3 Å². The van der Waals surface area contributed by atoms with E-state index in [1.807, 2.05) is 49.4 Å². The minimum absolute atomic E-state index is 0.0763. The van der Waals surface area contributed by atoms with Crippen molar-refractivity contribution in [3.63, 3.8) is 0 Å². The van der Waals surface area contributed by atoms with Gasteiger partial charge in [0.05, 0.1) is 17.3 Å². The number of alkyl halides is 3. The Balaban J connectivity index is 0.000000671. The number of amides is 2. The number of aliphatic carboxylic acids is 1. The molecule has 2 aliphatic heterocycles. The molecule has 0 radical (unpaired) electrons. The quantitative estimate of drug-likeness (QED) is 0.192. The van der Waals surface area contributed by atoms with Crippen LogP contribution >= 0.6 is 0 Å². The number of aryl methyl sites for hydroxylation is 1. The largest absolute Gasteiger partial charge is 0.490 e. The molecule has 12 nitrogen and oxygen atoms in total. The van der Waals surface area contributed by atoms with Crippen LogP contribution in [0.5, 0.6) is 0 Å². The molecule has 0 saturated carbocycles. The number of fused-ring (bicyclic) bond motifs is 10. The van der Waals surface area contributed by atoms with Crippen LogP contribution in [0.3, 0.4) is 0 Å². The number of benzene rings is 3. The van der Waals surface area contributed by atoms with Gasteiger partial charge in [0.15, 0.2) is 9.84 Å². The van der Waals surface area contributed by atoms with Crippen molar-refractivity contribution in [2.75, 3.05) is 28.7 Å². The number of ether oxygens (including phenoxy) is 1. The van der Waals surface area contributed by atoms with E-state index in [0.29, 0.717) is 29.2 Å². The third-order valence-electron chi connectivity index (χ3n) is 7.39. The van der Waals surface area contributed by atoms with E-state index in [0.717, 1.165) is 27.5 Å². The van der Waals surface area contributed by atoms with Gasteiger partial charge in [-0.3, -0.25) is 10.1 Å². The summed E-state index contributed by atoms with van der Waals surface area (Å²) in [6, 6.07) is 16.8. The summed E-state index contributed by atoms with van der Waals surface area (Å²) < 4.78 is 62.7.